The highest BCUT2D eigenvalue weighted by atomic mass is 28.4. The van der Waals surface area contributed by atoms with Crippen molar-refractivity contribution in [1.29, 1.82) is 0 Å². The first kappa shape index (κ1) is 16.8. The first-order valence-electron chi connectivity index (χ1n) is 8.63. The van der Waals surface area contributed by atoms with E-state index in [1.165, 1.54) is 18.9 Å². The second kappa shape index (κ2) is 7.10. The quantitative estimate of drug-likeness (QED) is 0.422. The van der Waals surface area contributed by atoms with E-state index >= 15 is 0 Å². The molecule has 118 valence electrons. The third kappa shape index (κ3) is 3.60. The second-order valence-corrected chi connectivity index (χ2v) is 12.4. The molecule has 2 aliphatic rings. The Hall–Kier alpha value is -0.603. The second-order valence-electron chi connectivity index (χ2n) is 7.40. The number of allylic oxidation sites excluding steroid dienone is 5. The van der Waals surface area contributed by atoms with Crippen LogP contribution in [-0.4, -0.2) is 14.4 Å². The maximum Gasteiger partial charge on any atom is 0.198 e. The van der Waals surface area contributed by atoms with Gasteiger partial charge in [0.25, 0.3) is 0 Å². The molecule has 2 atom stereocenters. The van der Waals surface area contributed by atoms with Crippen molar-refractivity contribution in [2.75, 3.05) is 0 Å². The van der Waals surface area contributed by atoms with Crippen LogP contribution in [0.4, 0.5) is 0 Å². The predicted molar refractivity (Wildman–Crippen MR) is 94.9 cm³/mol. The molecule has 0 heterocycles. The monoisotopic (exact) mass is 304 g/mol. The molecule has 0 spiro atoms. The van der Waals surface area contributed by atoms with Gasteiger partial charge in [-0.3, -0.25) is 0 Å². The molecular weight excluding hydrogens is 272 g/mol. The molecule has 2 aliphatic carbocycles. The molecule has 0 N–H and O–H groups in total. The van der Waals surface area contributed by atoms with Crippen LogP contribution >= 0.6 is 0 Å². The van der Waals surface area contributed by atoms with Gasteiger partial charge in [-0.1, -0.05) is 58.1 Å². The molecule has 0 amide bonds. The van der Waals surface area contributed by atoms with Crippen LogP contribution in [0, 0.1) is 11.8 Å². The van der Waals surface area contributed by atoms with Gasteiger partial charge in [-0.2, -0.15) is 0 Å². The van der Waals surface area contributed by atoms with Crippen LogP contribution in [0.1, 0.15) is 47.0 Å². The summed E-state index contributed by atoms with van der Waals surface area (Å²) in [7, 11) is -1.72. The van der Waals surface area contributed by atoms with Gasteiger partial charge in [-0.05, 0) is 48.2 Å². The third-order valence-electron chi connectivity index (χ3n) is 5.53. The van der Waals surface area contributed by atoms with Crippen molar-refractivity contribution in [3.63, 3.8) is 0 Å². The molecule has 2 rings (SSSR count). The average molecular weight is 305 g/mol. The Labute approximate surface area is 132 Å². The van der Waals surface area contributed by atoms with Crippen molar-refractivity contribution in [2.24, 2.45) is 11.8 Å². The lowest BCUT2D eigenvalue weighted by Crippen LogP contribution is -2.47. The minimum absolute atomic E-state index is 0.466. The minimum Gasteiger partial charge on any atom is -0.413 e. The van der Waals surface area contributed by atoms with E-state index in [0.717, 1.165) is 6.42 Å². The molecule has 2 unspecified atom stereocenters. The van der Waals surface area contributed by atoms with Crippen LogP contribution in [-0.2, 0) is 4.43 Å². The number of hydrogen-bond donors (Lipinski definition) is 0. The molecule has 0 radical (unpaired) electrons. The summed E-state index contributed by atoms with van der Waals surface area (Å²) in [6, 6.07) is 1.23. The predicted octanol–water partition coefficient (Wildman–Crippen LogP) is 5.87. The SMILES string of the molecule is C=CCC[Si](OC1CC2C=CC=CC2C1)(C(C)C)C(C)C. The molecule has 21 heavy (non-hydrogen) atoms. The maximum absolute atomic E-state index is 6.94. The van der Waals surface area contributed by atoms with E-state index in [1.807, 2.05) is 0 Å². The highest BCUT2D eigenvalue weighted by Crippen LogP contribution is 2.44. The lowest BCUT2D eigenvalue weighted by Gasteiger charge is -2.41. The van der Waals surface area contributed by atoms with Gasteiger partial charge >= 0.3 is 0 Å². The molecule has 0 aromatic rings. The summed E-state index contributed by atoms with van der Waals surface area (Å²) in [5.74, 6) is 1.43. The van der Waals surface area contributed by atoms with E-state index in [0.29, 0.717) is 29.0 Å². The number of rotatable bonds is 7. The van der Waals surface area contributed by atoms with Crippen LogP contribution in [0.15, 0.2) is 37.0 Å². The van der Waals surface area contributed by atoms with Crippen molar-refractivity contribution < 1.29 is 4.43 Å². The van der Waals surface area contributed by atoms with Crippen LogP contribution in [0.25, 0.3) is 0 Å². The molecule has 1 nitrogen and oxygen atoms in total. The van der Waals surface area contributed by atoms with Gasteiger partial charge in [0, 0.05) is 6.10 Å². The van der Waals surface area contributed by atoms with Crippen molar-refractivity contribution in [1.82, 2.24) is 0 Å². The maximum atomic E-state index is 6.94. The highest BCUT2D eigenvalue weighted by molar-refractivity contribution is 6.76. The minimum atomic E-state index is -1.72. The van der Waals surface area contributed by atoms with Crippen LogP contribution in [0.3, 0.4) is 0 Å². The Kier molecular flexibility index (Phi) is 5.67. The van der Waals surface area contributed by atoms with E-state index in [4.69, 9.17) is 4.43 Å². The fraction of sp³-hybridized carbons (Fsp3) is 0.684. The molecule has 0 aromatic heterocycles. The lowest BCUT2D eigenvalue weighted by molar-refractivity contribution is 0.180. The Balaban J connectivity index is 2.09. The van der Waals surface area contributed by atoms with E-state index in [9.17, 15) is 0 Å². The standard InChI is InChI=1S/C19H32OSi/c1-6-7-12-21(15(2)3,16(4)5)20-19-13-17-10-8-9-11-18(17)14-19/h6,8-11,15-19H,1,7,12-14H2,2-5H3. The van der Waals surface area contributed by atoms with Gasteiger partial charge in [0.2, 0.25) is 0 Å². The molecule has 0 bridgehead atoms. The first-order valence-corrected chi connectivity index (χ1v) is 10.9. The molecule has 2 heteroatoms. The van der Waals surface area contributed by atoms with Crippen molar-refractivity contribution in [2.45, 2.75) is 70.2 Å². The normalized spacial score (nSPS) is 28.4. The number of fused-ring (bicyclic) bond motifs is 1. The molecule has 1 fully saturated rings. The van der Waals surface area contributed by atoms with E-state index in [1.54, 1.807) is 0 Å². The molecule has 0 aliphatic heterocycles. The summed E-state index contributed by atoms with van der Waals surface area (Å²) in [6.07, 6.45) is 15.2. The topological polar surface area (TPSA) is 9.23 Å². The smallest absolute Gasteiger partial charge is 0.198 e. The van der Waals surface area contributed by atoms with Gasteiger partial charge < -0.3 is 4.43 Å². The molecule has 0 saturated heterocycles. The zero-order valence-corrected chi connectivity index (χ0v) is 15.2. The van der Waals surface area contributed by atoms with Crippen LogP contribution in [0.5, 0.6) is 0 Å². The number of hydrogen-bond acceptors (Lipinski definition) is 1. The Bertz CT molecular complexity index is 380. The highest BCUT2D eigenvalue weighted by Gasteiger charge is 2.45. The summed E-state index contributed by atoms with van der Waals surface area (Å²) >= 11 is 0. The fourth-order valence-corrected chi connectivity index (χ4v) is 8.84. The van der Waals surface area contributed by atoms with Gasteiger partial charge in [-0.25, -0.2) is 0 Å². The Morgan fingerprint density at radius 3 is 2.05 bits per heavy atom. The molecule has 0 aromatic carbocycles. The fourth-order valence-electron chi connectivity index (χ4n) is 4.22. The largest absolute Gasteiger partial charge is 0.413 e. The zero-order chi connectivity index (χ0) is 15.5. The summed E-state index contributed by atoms with van der Waals surface area (Å²) in [5, 5.41) is 0. The summed E-state index contributed by atoms with van der Waals surface area (Å²) in [5.41, 5.74) is 1.34. The van der Waals surface area contributed by atoms with Crippen molar-refractivity contribution in [3.05, 3.63) is 37.0 Å². The third-order valence-corrected chi connectivity index (χ3v) is 11.3. The van der Waals surface area contributed by atoms with E-state index in [-0.39, 0.29) is 0 Å². The van der Waals surface area contributed by atoms with Crippen LogP contribution in [0.2, 0.25) is 17.1 Å². The van der Waals surface area contributed by atoms with Crippen molar-refractivity contribution in [3.8, 4) is 0 Å². The lowest BCUT2D eigenvalue weighted by atomic mass is 9.92. The Morgan fingerprint density at radius 2 is 1.62 bits per heavy atom. The van der Waals surface area contributed by atoms with E-state index < -0.39 is 8.32 Å². The Morgan fingerprint density at radius 1 is 1.10 bits per heavy atom. The zero-order valence-electron chi connectivity index (χ0n) is 14.2. The summed E-state index contributed by atoms with van der Waals surface area (Å²) in [6.45, 7) is 13.4. The van der Waals surface area contributed by atoms with E-state index in [2.05, 4.69) is 64.7 Å². The van der Waals surface area contributed by atoms with Gasteiger partial charge in [-0.15, -0.1) is 6.58 Å². The van der Waals surface area contributed by atoms with Gasteiger partial charge in [0.15, 0.2) is 8.32 Å². The summed E-state index contributed by atoms with van der Waals surface area (Å²) < 4.78 is 6.94. The molecule has 1 saturated carbocycles. The average Bonchev–Trinajstić information content (AvgIpc) is 2.84. The van der Waals surface area contributed by atoms with Crippen molar-refractivity contribution >= 4 is 8.32 Å². The first-order chi connectivity index (χ1) is 9.99. The van der Waals surface area contributed by atoms with Crippen LogP contribution < -0.4 is 0 Å². The summed E-state index contributed by atoms with van der Waals surface area (Å²) in [4.78, 5) is 0. The molecular formula is C19H32OSi. The van der Waals surface area contributed by atoms with Gasteiger partial charge in [0.1, 0.15) is 0 Å². The van der Waals surface area contributed by atoms with Gasteiger partial charge in [0.05, 0.1) is 0 Å².